The van der Waals surface area contributed by atoms with Gasteiger partial charge in [-0.05, 0) is 69.9 Å². The predicted molar refractivity (Wildman–Crippen MR) is 123 cm³/mol. The van der Waals surface area contributed by atoms with Crippen LogP contribution in [0.3, 0.4) is 0 Å². The zero-order chi connectivity index (χ0) is 22.8. The maximum absolute atomic E-state index is 13.2. The van der Waals surface area contributed by atoms with Crippen molar-refractivity contribution in [2.45, 2.75) is 45.4 Å². The molecular formula is C23H29ClN2O4S. The number of carbonyl (C=O) groups excluding carboxylic acids is 1. The maximum Gasteiger partial charge on any atom is 0.243 e. The third-order valence-corrected chi connectivity index (χ3v) is 7.68. The molecule has 8 heteroatoms. The fraction of sp³-hybridized carbons (Fsp3) is 0.435. The lowest BCUT2D eigenvalue weighted by Crippen LogP contribution is -2.43. The molecule has 6 nitrogen and oxygen atoms in total. The molecule has 0 unspecified atom stereocenters. The first kappa shape index (κ1) is 23.6. The van der Waals surface area contributed by atoms with E-state index in [1.165, 1.54) is 16.4 Å². The molecule has 0 radical (unpaired) electrons. The Hall–Kier alpha value is -2.09. The molecular weight excluding hydrogens is 436 g/mol. The van der Waals surface area contributed by atoms with Crippen LogP contribution in [0, 0.1) is 26.7 Å². The van der Waals surface area contributed by atoms with E-state index in [0.717, 1.165) is 22.4 Å². The molecule has 2 aromatic rings. The fourth-order valence-corrected chi connectivity index (χ4v) is 5.89. The van der Waals surface area contributed by atoms with Crippen LogP contribution in [0.4, 0.5) is 5.69 Å². The second kappa shape index (κ2) is 9.59. The van der Waals surface area contributed by atoms with Crippen molar-refractivity contribution >= 4 is 33.2 Å². The molecule has 1 N–H and O–H groups in total. The van der Waals surface area contributed by atoms with E-state index in [1.807, 2.05) is 39.8 Å². The molecule has 1 heterocycles. The zero-order valence-electron chi connectivity index (χ0n) is 18.4. The number of rotatable bonds is 6. The van der Waals surface area contributed by atoms with Gasteiger partial charge in [0.2, 0.25) is 15.9 Å². The van der Waals surface area contributed by atoms with Crippen molar-refractivity contribution in [1.82, 2.24) is 4.31 Å². The highest BCUT2D eigenvalue weighted by Crippen LogP contribution is 2.31. The largest absolute Gasteiger partial charge is 0.492 e. The van der Waals surface area contributed by atoms with E-state index in [0.29, 0.717) is 31.7 Å². The number of aryl methyl sites for hydroxylation is 3. The molecule has 0 aliphatic carbocycles. The second-order valence-corrected chi connectivity index (χ2v) is 10.3. The molecule has 0 saturated carbocycles. The summed E-state index contributed by atoms with van der Waals surface area (Å²) >= 11 is 6.19. The minimum Gasteiger partial charge on any atom is -0.492 e. The normalized spacial score (nSPS) is 17.4. The molecule has 1 amide bonds. The van der Waals surface area contributed by atoms with Crippen molar-refractivity contribution in [1.29, 1.82) is 0 Å². The number of carbonyl (C=O) groups is 1. The van der Waals surface area contributed by atoms with Crippen LogP contribution in [0.5, 0.6) is 5.75 Å². The topological polar surface area (TPSA) is 75.7 Å². The average Bonchev–Trinajstić information content (AvgIpc) is 2.72. The van der Waals surface area contributed by atoms with E-state index in [4.69, 9.17) is 16.3 Å². The summed E-state index contributed by atoms with van der Waals surface area (Å²) in [7, 11) is -3.76. The molecule has 1 aliphatic heterocycles. The number of ether oxygens (including phenoxy) is 1. The summed E-state index contributed by atoms with van der Waals surface area (Å²) in [6, 6.07) is 8.51. The molecule has 31 heavy (non-hydrogen) atoms. The van der Waals surface area contributed by atoms with Gasteiger partial charge in [-0.15, -0.1) is 0 Å². The van der Waals surface area contributed by atoms with Gasteiger partial charge in [-0.2, -0.15) is 4.31 Å². The van der Waals surface area contributed by atoms with Crippen molar-refractivity contribution in [3.63, 3.8) is 0 Å². The van der Waals surface area contributed by atoms with Gasteiger partial charge < -0.3 is 10.1 Å². The van der Waals surface area contributed by atoms with Crippen molar-refractivity contribution < 1.29 is 17.9 Å². The Morgan fingerprint density at radius 1 is 1.19 bits per heavy atom. The lowest BCUT2D eigenvalue weighted by atomic mass is 9.98. The van der Waals surface area contributed by atoms with E-state index in [1.54, 1.807) is 6.07 Å². The van der Waals surface area contributed by atoms with E-state index in [9.17, 15) is 13.2 Å². The van der Waals surface area contributed by atoms with Crippen LogP contribution in [-0.2, 0) is 14.8 Å². The Morgan fingerprint density at radius 2 is 1.87 bits per heavy atom. The third-order valence-electron chi connectivity index (χ3n) is 5.52. The monoisotopic (exact) mass is 464 g/mol. The van der Waals surface area contributed by atoms with Crippen molar-refractivity contribution in [2.75, 3.05) is 25.0 Å². The Kier molecular flexibility index (Phi) is 7.29. The number of hydrogen-bond acceptors (Lipinski definition) is 4. The Balaban J connectivity index is 1.77. The van der Waals surface area contributed by atoms with Crippen molar-refractivity contribution in [2.24, 2.45) is 5.92 Å². The molecule has 1 atom stereocenters. The quantitative estimate of drug-likeness (QED) is 0.672. The number of nitrogens with zero attached hydrogens (tertiary/aromatic N) is 1. The first-order valence-corrected chi connectivity index (χ1v) is 12.3. The Morgan fingerprint density at radius 3 is 2.48 bits per heavy atom. The SMILES string of the molecule is CCOc1ccc(S(=O)(=O)N2CCC[C@H](C(=O)Nc3c(C)cc(C)cc3C)C2)cc1Cl. The summed E-state index contributed by atoms with van der Waals surface area (Å²) in [4.78, 5) is 13.1. The Labute approximate surface area is 189 Å². The van der Waals surface area contributed by atoms with Gasteiger partial charge in [0.05, 0.1) is 22.4 Å². The lowest BCUT2D eigenvalue weighted by Gasteiger charge is -2.31. The summed E-state index contributed by atoms with van der Waals surface area (Å²) in [5.41, 5.74) is 3.93. The number of anilines is 1. The van der Waals surface area contributed by atoms with E-state index in [2.05, 4.69) is 5.32 Å². The zero-order valence-corrected chi connectivity index (χ0v) is 19.9. The van der Waals surface area contributed by atoms with Crippen LogP contribution < -0.4 is 10.1 Å². The van der Waals surface area contributed by atoms with Crippen LogP contribution >= 0.6 is 11.6 Å². The molecule has 168 valence electrons. The standard InChI is InChI=1S/C23H29ClN2O4S/c1-5-30-21-9-8-19(13-20(21)24)31(28,29)26-10-6-7-18(14-26)23(27)25-22-16(3)11-15(2)12-17(22)4/h8-9,11-13,18H,5-7,10,14H2,1-4H3,(H,25,27)/t18-/m0/s1. The minimum absolute atomic E-state index is 0.104. The highest BCUT2D eigenvalue weighted by molar-refractivity contribution is 7.89. The molecule has 2 aromatic carbocycles. The number of nitrogens with one attached hydrogen (secondary N) is 1. The van der Waals surface area contributed by atoms with Crippen LogP contribution in [0.25, 0.3) is 0 Å². The van der Waals surface area contributed by atoms with E-state index >= 15 is 0 Å². The lowest BCUT2D eigenvalue weighted by molar-refractivity contribution is -0.120. The average molecular weight is 465 g/mol. The number of amides is 1. The second-order valence-electron chi connectivity index (χ2n) is 7.99. The molecule has 3 rings (SSSR count). The first-order valence-electron chi connectivity index (χ1n) is 10.4. The van der Waals surface area contributed by atoms with Crippen LogP contribution in [0.2, 0.25) is 5.02 Å². The number of halogens is 1. The van der Waals surface area contributed by atoms with Crippen LogP contribution in [-0.4, -0.2) is 38.3 Å². The van der Waals surface area contributed by atoms with Crippen LogP contribution in [0.1, 0.15) is 36.5 Å². The maximum atomic E-state index is 13.2. The van der Waals surface area contributed by atoms with Crippen molar-refractivity contribution in [3.05, 3.63) is 52.0 Å². The number of hydrogen-bond donors (Lipinski definition) is 1. The molecule has 0 bridgehead atoms. The summed E-state index contributed by atoms with van der Waals surface area (Å²) in [5.74, 6) is -0.121. The number of sulfonamides is 1. The molecule has 0 aromatic heterocycles. The van der Waals surface area contributed by atoms with Gasteiger partial charge >= 0.3 is 0 Å². The summed E-state index contributed by atoms with van der Waals surface area (Å²) in [5, 5.41) is 3.27. The molecule has 1 fully saturated rings. The van der Waals surface area contributed by atoms with Gasteiger partial charge in [-0.1, -0.05) is 29.3 Å². The summed E-state index contributed by atoms with van der Waals surface area (Å²) in [6.07, 6.45) is 1.26. The van der Waals surface area contributed by atoms with Gasteiger partial charge in [0.15, 0.2) is 0 Å². The smallest absolute Gasteiger partial charge is 0.243 e. The highest BCUT2D eigenvalue weighted by atomic mass is 35.5. The summed E-state index contributed by atoms with van der Waals surface area (Å²) < 4.78 is 33.1. The van der Waals surface area contributed by atoms with Gasteiger partial charge in [0.1, 0.15) is 5.75 Å². The van der Waals surface area contributed by atoms with Gasteiger partial charge in [0, 0.05) is 18.8 Å². The van der Waals surface area contributed by atoms with Gasteiger partial charge in [-0.25, -0.2) is 8.42 Å². The van der Waals surface area contributed by atoms with Crippen LogP contribution in [0.15, 0.2) is 35.2 Å². The number of benzene rings is 2. The molecule has 0 spiro atoms. The molecule has 1 saturated heterocycles. The predicted octanol–water partition coefficient (Wildman–Crippen LogP) is 4.70. The fourth-order valence-electron chi connectivity index (χ4n) is 4.04. The number of piperidine rings is 1. The third kappa shape index (κ3) is 5.22. The Bertz CT molecular complexity index is 1060. The highest BCUT2D eigenvalue weighted by Gasteiger charge is 2.34. The van der Waals surface area contributed by atoms with Crippen molar-refractivity contribution in [3.8, 4) is 5.75 Å². The summed E-state index contributed by atoms with van der Waals surface area (Å²) in [6.45, 7) is 8.73. The molecule has 1 aliphatic rings. The van der Waals surface area contributed by atoms with E-state index < -0.39 is 15.9 Å². The van der Waals surface area contributed by atoms with Gasteiger partial charge in [-0.3, -0.25) is 4.79 Å². The minimum atomic E-state index is -3.76. The van der Waals surface area contributed by atoms with Gasteiger partial charge in [0.25, 0.3) is 0 Å². The first-order chi connectivity index (χ1) is 14.6. The van der Waals surface area contributed by atoms with E-state index in [-0.39, 0.29) is 22.4 Å².